The summed E-state index contributed by atoms with van der Waals surface area (Å²) in [5.41, 5.74) is 3.89. The SMILES string of the molecule is CC(C)(C)c1nc(-c2ccc3ccccc3c2)nc(-c2cccc3oc(-c4ccccc4)nc23)n1. The van der Waals surface area contributed by atoms with Gasteiger partial charge in [-0.2, -0.15) is 0 Å². The maximum Gasteiger partial charge on any atom is 0.227 e. The van der Waals surface area contributed by atoms with E-state index in [1.807, 2.05) is 60.7 Å². The standard InChI is InChI=1S/C30H24N4O/c1-30(2,3)29-33-26(22-17-16-19-10-7-8-13-21(19)18-22)32-27(34-29)23-14-9-15-24-25(23)31-28(35-24)20-11-5-4-6-12-20/h4-18H,1-3H3. The van der Waals surface area contributed by atoms with Crippen molar-refractivity contribution in [2.75, 3.05) is 0 Å². The first-order chi connectivity index (χ1) is 17.0. The minimum Gasteiger partial charge on any atom is -0.436 e. The van der Waals surface area contributed by atoms with Gasteiger partial charge in [0.2, 0.25) is 5.89 Å². The van der Waals surface area contributed by atoms with Crippen LogP contribution >= 0.6 is 0 Å². The van der Waals surface area contributed by atoms with E-state index in [0.717, 1.165) is 33.4 Å². The van der Waals surface area contributed by atoms with Gasteiger partial charge in [-0.1, -0.05) is 81.4 Å². The molecule has 35 heavy (non-hydrogen) atoms. The van der Waals surface area contributed by atoms with Gasteiger partial charge in [0.1, 0.15) is 11.3 Å². The molecule has 4 aromatic carbocycles. The number of aromatic nitrogens is 4. The molecule has 5 heteroatoms. The zero-order chi connectivity index (χ0) is 24.0. The molecule has 0 unspecified atom stereocenters. The Morgan fingerprint density at radius 2 is 1.34 bits per heavy atom. The Labute approximate surface area is 203 Å². The van der Waals surface area contributed by atoms with Crippen molar-refractivity contribution < 1.29 is 4.42 Å². The molecule has 0 aliphatic heterocycles. The largest absolute Gasteiger partial charge is 0.436 e. The highest BCUT2D eigenvalue weighted by atomic mass is 16.3. The van der Waals surface area contributed by atoms with Crippen LogP contribution in [0.3, 0.4) is 0 Å². The predicted octanol–water partition coefficient (Wildman–Crippen LogP) is 7.46. The number of oxazole rings is 1. The molecule has 0 bridgehead atoms. The highest BCUT2D eigenvalue weighted by molar-refractivity contribution is 5.91. The van der Waals surface area contributed by atoms with Crippen LogP contribution in [0.4, 0.5) is 0 Å². The molecule has 6 rings (SSSR count). The molecule has 0 saturated heterocycles. The Morgan fingerprint density at radius 1 is 0.600 bits per heavy atom. The number of benzene rings is 4. The molecule has 6 aromatic rings. The molecular formula is C30H24N4O. The lowest BCUT2D eigenvalue weighted by molar-refractivity contribution is 0.543. The number of hydrogen-bond donors (Lipinski definition) is 0. The quantitative estimate of drug-likeness (QED) is 0.276. The van der Waals surface area contributed by atoms with E-state index < -0.39 is 0 Å². The van der Waals surface area contributed by atoms with E-state index >= 15 is 0 Å². The fourth-order valence-electron chi connectivity index (χ4n) is 4.12. The minimum atomic E-state index is -0.254. The zero-order valence-electron chi connectivity index (χ0n) is 19.9. The second-order valence-electron chi connectivity index (χ2n) is 9.66. The van der Waals surface area contributed by atoms with Crippen LogP contribution in [0.2, 0.25) is 0 Å². The topological polar surface area (TPSA) is 64.7 Å². The van der Waals surface area contributed by atoms with Crippen molar-refractivity contribution in [1.82, 2.24) is 19.9 Å². The molecule has 170 valence electrons. The first kappa shape index (κ1) is 21.2. The van der Waals surface area contributed by atoms with Gasteiger partial charge in [0.05, 0.1) is 0 Å². The summed E-state index contributed by atoms with van der Waals surface area (Å²) >= 11 is 0. The first-order valence-corrected chi connectivity index (χ1v) is 11.7. The Kier molecular flexibility index (Phi) is 4.92. The second kappa shape index (κ2) is 8.13. The van der Waals surface area contributed by atoms with Crippen LogP contribution in [0.1, 0.15) is 26.6 Å². The Bertz CT molecular complexity index is 1680. The number of nitrogens with zero attached hydrogens (tertiary/aromatic N) is 4. The van der Waals surface area contributed by atoms with E-state index in [0.29, 0.717) is 23.1 Å². The first-order valence-electron chi connectivity index (χ1n) is 11.7. The van der Waals surface area contributed by atoms with Gasteiger partial charge in [-0.05, 0) is 41.1 Å². The Hall–Kier alpha value is -4.38. The van der Waals surface area contributed by atoms with E-state index in [2.05, 4.69) is 51.1 Å². The Balaban J connectivity index is 1.55. The molecule has 0 amide bonds. The van der Waals surface area contributed by atoms with Gasteiger partial charge in [0.25, 0.3) is 0 Å². The number of rotatable bonds is 3. The molecule has 0 saturated carbocycles. The molecule has 0 spiro atoms. The molecular weight excluding hydrogens is 432 g/mol. The second-order valence-corrected chi connectivity index (χ2v) is 9.66. The van der Waals surface area contributed by atoms with Gasteiger partial charge in [0.15, 0.2) is 17.2 Å². The van der Waals surface area contributed by atoms with Crippen molar-refractivity contribution in [1.29, 1.82) is 0 Å². The summed E-state index contributed by atoms with van der Waals surface area (Å²) in [5, 5.41) is 2.33. The maximum atomic E-state index is 6.09. The average molecular weight is 457 g/mol. The summed E-state index contributed by atoms with van der Waals surface area (Å²) < 4.78 is 6.09. The summed E-state index contributed by atoms with van der Waals surface area (Å²) in [6.45, 7) is 6.33. The van der Waals surface area contributed by atoms with Crippen molar-refractivity contribution in [2.45, 2.75) is 26.2 Å². The molecule has 0 radical (unpaired) electrons. The van der Waals surface area contributed by atoms with E-state index in [9.17, 15) is 0 Å². The molecule has 2 heterocycles. The summed E-state index contributed by atoms with van der Waals surface area (Å²) in [6, 6.07) is 30.4. The van der Waals surface area contributed by atoms with Gasteiger partial charge < -0.3 is 4.42 Å². The number of hydrogen-bond acceptors (Lipinski definition) is 5. The molecule has 0 N–H and O–H groups in total. The van der Waals surface area contributed by atoms with Crippen LogP contribution in [0.5, 0.6) is 0 Å². The predicted molar refractivity (Wildman–Crippen MR) is 140 cm³/mol. The third-order valence-electron chi connectivity index (χ3n) is 5.99. The molecule has 0 aliphatic rings. The smallest absolute Gasteiger partial charge is 0.227 e. The molecule has 5 nitrogen and oxygen atoms in total. The minimum absolute atomic E-state index is 0.254. The van der Waals surface area contributed by atoms with Crippen LogP contribution in [-0.2, 0) is 5.41 Å². The average Bonchev–Trinajstić information content (AvgIpc) is 3.33. The molecule has 0 atom stereocenters. The third-order valence-corrected chi connectivity index (χ3v) is 5.99. The van der Waals surface area contributed by atoms with Gasteiger partial charge in [-0.3, -0.25) is 0 Å². The number of para-hydroxylation sites is 1. The van der Waals surface area contributed by atoms with Crippen molar-refractivity contribution in [3.05, 3.63) is 96.8 Å². The summed E-state index contributed by atoms with van der Waals surface area (Å²) in [6.07, 6.45) is 0. The van der Waals surface area contributed by atoms with Gasteiger partial charge in [0, 0.05) is 22.1 Å². The molecule has 0 aliphatic carbocycles. The Morgan fingerprint density at radius 3 is 2.14 bits per heavy atom. The van der Waals surface area contributed by atoms with Gasteiger partial charge in [-0.25, -0.2) is 19.9 Å². The lowest BCUT2D eigenvalue weighted by Gasteiger charge is -2.18. The van der Waals surface area contributed by atoms with Gasteiger partial charge in [-0.15, -0.1) is 0 Å². The van der Waals surface area contributed by atoms with Crippen molar-refractivity contribution in [3.8, 4) is 34.2 Å². The summed E-state index contributed by atoms with van der Waals surface area (Å²) in [7, 11) is 0. The lowest BCUT2D eigenvalue weighted by Crippen LogP contribution is -2.18. The zero-order valence-corrected chi connectivity index (χ0v) is 19.9. The van der Waals surface area contributed by atoms with Crippen molar-refractivity contribution >= 4 is 21.9 Å². The molecule has 2 aromatic heterocycles. The lowest BCUT2D eigenvalue weighted by atomic mass is 9.95. The fourth-order valence-corrected chi connectivity index (χ4v) is 4.12. The third kappa shape index (κ3) is 3.95. The van der Waals surface area contributed by atoms with Crippen LogP contribution < -0.4 is 0 Å². The van der Waals surface area contributed by atoms with Crippen LogP contribution in [0.25, 0.3) is 56.1 Å². The van der Waals surface area contributed by atoms with Crippen molar-refractivity contribution in [3.63, 3.8) is 0 Å². The van der Waals surface area contributed by atoms with E-state index in [1.165, 1.54) is 5.39 Å². The van der Waals surface area contributed by atoms with E-state index in [-0.39, 0.29) is 5.41 Å². The monoisotopic (exact) mass is 456 g/mol. The highest BCUT2D eigenvalue weighted by Crippen LogP contribution is 2.33. The fraction of sp³-hybridized carbons (Fsp3) is 0.133. The molecule has 0 fully saturated rings. The van der Waals surface area contributed by atoms with Crippen molar-refractivity contribution in [2.24, 2.45) is 0 Å². The van der Waals surface area contributed by atoms with Gasteiger partial charge >= 0.3 is 0 Å². The maximum absolute atomic E-state index is 6.09. The normalized spacial score (nSPS) is 11.9. The summed E-state index contributed by atoms with van der Waals surface area (Å²) in [5.74, 6) is 2.54. The van der Waals surface area contributed by atoms with E-state index in [1.54, 1.807) is 0 Å². The number of fused-ring (bicyclic) bond motifs is 2. The van der Waals surface area contributed by atoms with Crippen LogP contribution in [-0.4, -0.2) is 19.9 Å². The van der Waals surface area contributed by atoms with Crippen LogP contribution in [0, 0.1) is 0 Å². The highest BCUT2D eigenvalue weighted by Gasteiger charge is 2.23. The van der Waals surface area contributed by atoms with Crippen LogP contribution in [0.15, 0.2) is 95.4 Å². The van der Waals surface area contributed by atoms with E-state index in [4.69, 9.17) is 24.4 Å². The summed E-state index contributed by atoms with van der Waals surface area (Å²) in [4.78, 5) is 19.5.